The number of furan rings is 2. The Hall–Kier alpha value is -2.10. The standard InChI is InChI=1S/C12H10O4/c1-13-7-5-9(14-2)11-8-3-4-15-12(8)16-10(11)6-7/h3-6H,1-2H3. The summed E-state index contributed by atoms with van der Waals surface area (Å²) in [6.45, 7) is 0. The summed E-state index contributed by atoms with van der Waals surface area (Å²) >= 11 is 0. The molecule has 2 aromatic heterocycles. The van der Waals surface area contributed by atoms with E-state index >= 15 is 0 Å². The molecular formula is C12H10O4. The van der Waals surface area contributed by atoms with Crippen LogP contribution in [0.25, 0.3) is 22.1 Å². The predicted octanol–water partition coefficient (Wildman–Crippen LogP) is 3.20. The molecule has 0 aliphatic carbocycles. The van der Waals surface area contributed by atoms with Gasteiger partial charge in [-0.25, -0.2) is 0 Å². The normalized spacial score (nSPS) is 11.1. The van der Waals surface area contributed by atoms with Gasteiger partial charge in [0.05, 0.1) is 31.3 Å². The van der Waals surface area contributed by atoms with E-state index in [9.17, 15) is 0 Å². The zero-order chi connectivity index (χ0) is 11.1. The van der Waals surface area contributed by atoms with Crippen LogP contribution in [0.3, 0.4) is 0 Å². The molecule has 82 valence electrons. The molecule has 0 atom stereocenters. The van der Waals surface area contributed by atoms with E-state index in [4.69, 9.17) is 18.3 Å². The Kier molecular flexibility index (Phi) is 1.83. The van der Waals surface area contributed by atoms with Crippen LogP contribution in [0.1, 0.15) is 0 Å². The lowest BCUT2D eigenvalue weighted by Crippen LogP contribution is -1.87. The zero-order valence-corrected chi connectivity index (χ0v) is 8.94. The van der Waals surface area contributed by atoms with E-state index in [0.717, 1.165) is 16.5 Å². The zero-order valence-electron chi connectivity index (χ0n) is 8.94. The van der Waals surface area contributed by atoms with E-state index < -0.39 is 0 Å². The van der Waals surface area contributed by atoms with Crippen LogP contribution in [0.4, 0.5) is 0 Å². The predicted molar refractivity (Wildman–Crippen MR) is 59.1 cm³/mol. The highest BCUT2D eigenvalue weighted by Gasteiger charge is 2.15. The lowest BCUT2D eigenvalue weighted by Gasteiger charge is -2.04. The van der Waals surface area contributed by atoms with Crippen molar-refractivity contribution in [2.24, 2.45) is 0 Å². The van der Waals surface area contributed by atoms with E-state index in [0.29, 0.717) is 17.1 Å². The molecule has 2 heterocycles. The molecule has 0 saturated carbocycles. The molecule has 16 heavy (non-hydrogen) atoms. The maximum Gasteiger partial charge on any atom is 0.298 e. The van der Waals surface area contributed by atoms with E-state index in [1.807, 2.05) is 18.2 Å². The number of ether oxygens (including phenoxy) is 2. The van der Waals surface area contributed by atoms with Crippen LogP contribution in [-0.2, 0) is 0 Å². The minimum absolute atomic E-state index is 0.501. The summed E-state index contributed by atoms with van der Waals surface area (Å²) in [4.78, 5) is 0. The van der Waals surface area contributed by atoms with Gasteiger partial charge >= 0.3 is 0 Å². The first-order valence-corrected chi connectivity index (χ1v) is 4.85. The quantitative estimate of drug-likeness (QED) is 0.662. The van der Waals surface area contributed by atoms with Crippen molar-refractivity contribution in [3.05, 3.63) is 24.5 Å². The van der Waals surface area contributed by atoms with Crippen LogP contribution in [0.2, 0.25) is 0 Å². The molecule has 0 saturated heterocycles. The highest BCUT2D eigenvalue weighted by atomic mass is 16.5. The second-order valence-corrected chi connectivity index (χ2v) is 3.43. The van der Waals surface area contributed by atoms with Crippen LogP contribution < -0.4 is 9.47 Å². The first-order chi connectivity index (χ1) is 7.83. The van der Waals surface area contributed by atoms with Crippen LogP contribution >= 0.6 is 0 Å². The van der Waals surface area contributed by atoms with Crippen LogP contribution in [0.5, 0.6) is 11.5 Å². The van der Waals surface area contributed by atoms with E-state index in [-0.39, 0.29) is 0 Å². The van der Waals surface area contributed by atoms with Gasteiger partial charge in [-0.1, -0.05) is 0 Å². The third-order valence-electron chi connectivity index (χ3n) is 2.60. The molecule has 0 fully saturated rings. The van der Waals surface area contributed by atoms with Crippen LogP contribution in [0, 0.1) is 0 Å². The van der Waals surface area contributed by atoms with E-state index in [1.165, 1.54) is 0 Å². The summed E-state index contributed by atoms with van der Waals surface area (Å²) < 4.78 is 21.3. The lowest BCUT2D eigenvalue weighted by atomic mass is 10.2. The average Bonchev–Trinajstić information content (AvgIpc) is 2.86. The Morgan fingerprint density at radius 2 is 2.00 bits per heavy atom. The highest BCUT2D eigenvalue weighted by molar-refractivity contribution is 6.07. The summed E-state index contributed by atoms with van der Waals surface area (Å²) in [6, 6.07) is 5.49. The number of hydrogen-bond acceptors (Lipinski definition) is 4. The first kappa shape index (κ1) is 9.15. The third-order valence-corrected chi connectivity index (χ3v) is 2.60. The molecule has 0 spiro atoms. The van der Waals surface area contributed by atoms with Gasteiger partial charge in [0.1, 0.15) is 17.1 Å². The van der Waals surface area contributed by atoms with Crippen molar-refractivity contribution in [3.63, 3.8) is 0 Å². The Balaban J connectivity index is 2.46. The third kappa shape index (κ3) is 1.10. The minimum Gasteiger partial charge on any atom is -0.496 e. The van der Waals surface area contributed by atoms with Gasteiger partial charge in [-0.05, 0) is 6.07 Å². The fourth-order valence-corrected chi connectivity index (χ4v) is 1.85. The molecule has 0 aliphatic heterocycles. The Labute approximate surface area is 91.3 Å². The molecule has 4 heteroatoms. The van der Waals surface area contributed by atoms with Crippen molar-refractivity contribution >= 4 is 22.1 Å². The fourth-order valence-electron chi connectivity index (χ4n) is 1.85. The lowest BCUT2D eigenvalue weighted by molar-refractivity contribution is 0.397. The molecule has 1 aromatic carbocycles. The van der Waals surface area contributed by atoms with Gasteiger partial charge in [0, 0.05) is 12.1 Å². The SMILES string of the molecule is COc1cc(OC)c2c(c1)oc1occc12. The molecule has 0 unspecified atom stereocenters. The first-order valence-electron chi connectivity index (χ1n) is 4.85. The molecular weight excluding hydrogens is 208 g/mol. The van der Waals surface area contributed by atoms with Crippen molar-refractivity contribution < 1.29 is 18.3 Å². The number of methoxy groups -OCH3 is 2. The van der Waals surface area contributed by atoms with Crippen LogP contribution in [-0.4, -0.2) is 14.2 Å². The minimum atomic E-state index is 0.501. The molecule has 0 N–H and O–H groups in total. The smallest absolute Gasteiger partial charge is 0.298 e. The monoisotopic (exact) mass is 218 g/mol. The van der Waals surface area contributed by atoms with Crippen molar-refractivity contribution in [3.8, 4) is 11.5 Å². The molecule has 4 nitrogen and oxygen atoms in total. The summed E-state index contributed by atoms with van der Waals surface area (Å²) in [5.41, 5.74) is 0.700. The molecule has 0 radical (unpaired) electrons. The summed E-state index contributed by atoms with van der Waals surface area (Å²) in [5, 5.41) is 1.82. The molecule has 3 rings (SSSR count). The highest BCUT2D eigenvalue weighted by Crippen LogP contribution is 2.38. The van der Waals surface area contributed by atoms with Crippen molar-refractivity contribution in [1.29, 1.82) is 0 Å². The van der Waals surface area contributed by atoms with Gasteiger partial charge in [-0.3, -0.25) is 0 Å². The fraction of sp³-hybridized carbons (Fsp3) is 0.167. The van der Waals surface area contributed by atoms with Gasteiger partial charge in [-0.2, -0.15) is 0 Å². The van der Waals surface area contributed by atoms with Gasteiger partial charge in [0.15, 0.2) is 0 Å². The van der Waals surface area contributed by atoms with Gasteiger partial charge in [0.2, 0.25) is 0 Å². The van der Waals surface area contributed by atoms with Crippen molar-refractivity contribution in [2.75, 3.05) is 14.2 Å². The van der Waals surface area contributed by atoms with Crippen molar-refractivity contribution in [2.45, 2.75) is 0 Å². The van der Waals surface area contributed by atoms with Crippen molar-refractivity contribution in [1.82, 2.24) is 0 Å². The molecule has 0 amide bonds. The van der Waals surface area contributed by atoms with Gasteiger partial charge in [0.25, 0.3) is 5.78 Å². The number of fused-ring (bicyclic) bond motifs is 3. The number of hydrogen-bond donors (Lipinski definition) is 0. The Morgan fingerprint density at radius 1 is 1.12 bits per heavy atom. The van der Waals surface area contributed by atoms with Crippen LogP contribution in [0.15, 0.2) is 33.3 Å². The number of rotatable bonds is 2. The van der Waals surface area contributed by atoms with E-state index in [1.54, 1.807) is 20.5 Å². The second-order valence-electron chi connectivity index (χ2n) is 3.43. The molecule has 3 aromatic rings. The number of benzene rings is 1. The summed E-state index contributed by atoms with van der Waals surface area (Å²) in [5.74, 6) is 1.91. The topological polar surface area (TPSA) is 44.7 Å². The molecule has 0 bridgehead atoms. The molecule has 0 aliphatic rings. The van der Waals surface area contributed by atoms with Gasteiger partial charge < -0.3 is 18.3 Å². The maximum absolute atomic E-state index is 5.55. The van der Waals surface area contributed by atoms with Gasteiger partial charge in [-0.15, -0.1) is 0 Å². The summed E-state index contributed by atoms with van der Waals surface area (Å²) in [7, 11) is 3.22. The maximum atomic E-state index is 5.55. The Morgan fingerprint density at radius 3 is 2.75 bits per heavy atom. The largest absolute Gasteiger partial charge is 0.496 e. The van der Waals surface area contributed by atoms with E-state index in [2.05, 4.69) is 0 Å². The second kappa shape index (κ2) is 3.20. The summed E-state index contributed by atoms with van der Waals surface area (Å²) in [6.07, 6.45) is 1.59. The Bertz CT molecular complexity index is 647. The average molecular weight is 218 g/mol.